The number of ether oxygens (including phenoxy) is 2. The fourth-order valence-corrected chi connectivity index (χ4v) is 1.87. The lowest BCUT2D eigenvalue weighted by Gasteiger charge is -2.31. The van der Waals surface area contributed by atoms with Gasteiger partial charge in [-0.25, -0.2) is 4.79 Å². The van der Waals surface area contributed by atoms with Crippen LogP contribution in [0.1, 0.15) is 32.1 Å². The van der Waals surface area contributed by atoms with E-state index in [2.05, 4.69) is 11.3 Å². The molecular weight excluding hydrogens is 488 g/mol. The highest BCUT2D eigenvalue weighted by Crippen LogP contribution is 2.19. The molecule has 14 N–H and O–H groups in total. The molecule has 15 heteroatoms. The van der Waals surface area contributed by atoms with Gasteiger partial charge >= 0.3 is 17.9 Å². The van der Waals surface area contributed by atoms with Gasteiger partial charge in [0.1, 0.15) is 0 Å². The third-order valence-corrected chi connectivity index (χ3v) is 4.48. The summed E-state index contributed by atoms with van der Waals surface area (Å²) in [6.45, 7) is 0.152. The number of aliphatic carboxylic acids is 2. The first-order valence-corrected chi connectivity index (χ1v) is 10.4. The van der Waals surface area contributed by atoms with Crippen LogP contribution in [0.15, 0.2) is 12.7 Å². The zero-order chi connectivity index (χ0) is 27.0. The Morgan fingerprint density at radius 2 is 1.00 bits per heavy atom. The van der Waals surface area contributed by atoms with Crippen LogP contribution in [-0.4, -0.2) is 119 Å². The van der Waals surface area contributed by atoms with Crippen molar-refractivity contribution in [2.75, 3.05) is 60.0 Å². The first-order chi connectivity index (χ1) is 16.0. The van der Waals surface area contributed by atoms with Gasteiger partial charge in [0.15, 0.2) is 0 Å². The highest BCUT2D eigenvalue weighted by molar-refractivity contribution is 5.80. The first-order valence-electron chi connectivity index (χ1n) is 10.4. The second-order valence-electron chi connectivity index (χ2n) is 7.52. The number of aliphatic hydroxyl groups is 6. The molecular formula is C21H46N2O13. The molecule has 0 aliphatic carbocycles. The van der Waals surface area contributed by atoms with Gasteiger partial charge in [0.05, 0.1) is 70.8 Å². The predicted octanol–water partition coefficient (Wildman–Crippen LogP) is -1.29. The van der Waals surface area contributed by atoms with Gasteiger partial charge in [-0.3, -0.25) is 9.59 Å². The van der Waals surface area contributed by atoms with Gasteiger partial charge in [0, 0.05) is 18.9 Å². The summed E-state index contributed by atoms with van der Waals surface area (Å²) < 4.78 is 9.29. The second-order valence-corrected chi connectivity index (χ2v) is 7.52. The molecule has 0 aromatic heterocycles. The SMILES string of the molecule is C=CC(=O)OC.N.N.O=C(O)CCCCCC(=O)O.OCC(CO)(CO)COCC(CO)(CO)CO. The van der Waals surface area contributed by atoms with Crippen molar-refractivity contribution in [3.05, 3.63) is 12.7 Å². The summed E-state index contributed by atoms with van der Waals surface area (Å²) in [5, 5.41) is 70.6. The predicted molar refractivity (Wildman–Crippen MR) is 129 cm³/mol. The van der Waals surface area contributed by atoms with Crippen LogP contribution in [0.5, 0.6) is 0 Å². The lowest BCUT2D eigenvalue weighted by molar-refractivity contribution is -0.137. The average molecular weight is 535 g/mol. The third-order valence-electron chi connectivity index (χ3n) is 4.48. The van der Waals surface area contributed by atoms with E-state index in [-0.39, 0.29) is 38.4 Å². The van der Waals surface area contributed by atoms with E-state index in [4.69, 9.17) is 45.6 Å². The number of hydrogen-bond acceptors (Lipinski definition) is 13. The molecule has 0 bridgehead atoms. The summed E-state index contributed by atoms with van der Waals surface area (Å²) in [5.41, 5.74) is -2.32. The van der Waals surface area contributed by atoms with Crippen molar-refractivity contribution in [1.29, 1.82) is 0 Å². The number of carboxylic acid groups (broad SMARTS) is 2. The molecule has 0 aromatic carbocycles. The molecule has 0 rings (SSSR count). The molecule has 0 heterocycles. The molecule has 0 amide bonds. The van der Waals surface area contributed by atoms with Crippen LogP contribution in [0.3, 0.4) is 0 Å². The quantitative estimate of drug-likeness (QED) is 0.0589. The summed E-state index contributed by atoms with van der Waals surface area (Å²) in [5.74, 6) is -2.03. The number of carboxylic acids is 2. The first kappa shape index (κ1) is 43.8. The maximum Gasteiger partial charge on any atom is 0.329 e. The van der Waals surface area contributed by atoms with Gasteiger partial charge < -0.3 is 62.6 Å². The zero-order valence-electron chi connectivity index (χ0n) is 21.0. The van der Waals surface area contributed by atoms with E-state index in [1.807, 2.05) is 0 Å². The van der Waals surface area contributed by atoms with Gasteiger partial charge in [-0.1, -0.05) is 13.0 Å². The van der Waals surface area contributed by atoms with Crippen LogP contribution in [0, 0.1) is 10.8 Å². The number of unbranched alkanes of at least 4 members (excludes halogenated alkanes) is 2. The van der Waals surface area contributed by atoms with Gasteiger partial charge in [0.25, 0.3) is 0 Å². The number of aliphatic hydroxyl groups excluding tert-OH is 6. The largest absolute Gasteiger partial charge is 0.481 e. The highest BCUT2D eigenvalue weighted by Gasteiger charge is 2.32. The molecule has 0 spiro atoms. The minimum absolute atomic E-state index is 0. The Labute approximate surface area is 211 Å². The molecule has 0 saturated carbocycles. The normalized spacial score (nSPS) is 10.2. The molecule has 0 atom stereocenters. The van der Waals surface area contributed by atoms with E-state index in [9.17, 15) is 14.4 Å². The van der Waals surface area contributed by atoms with E-state index in [1.165, 1.54) is 7.11 Å². The molecule has 0 aromatic rings. The Hall–Kier alpha value is -2.21. The van der Waals surface area contributed by atoms with Crippen molar-refractivity contribution in [2.45, 2.75) is 32.1 Å². The lowest BCUT2D eigenvalue weighted by Crippen LogP contribution is -2.43. The molecule has 0 saturated heterocycles. The lowest BCUT2D eigenvalue weighted by atomic mass is 9.91. The molecule has 36 heavy (non-hydrogen) atoms. The Balaban J connectivity index is -0.000000146. The van der Waals surface area contributed by atoms with Crippen LogP contribution >= 0.6 is 0 Å². The Bertz CT molecular complexity index is 501. The number of methoxy groups -OCH3 is 1. The van der Waals surface area contributed by atoms with Gasteiger partial charge in [-0.05, 0) is 12.8 Å². The Morgan fingerprint density at radius 1 is 0.694 bits per heavy atom. The summed E-state index contributed by atoms with van der Waals surface area (Å²) in [6.07, 6.45) is 3.21. The van der Waals surface area contributed by atoms with Gasteiger partial charge in [0.2, 0.25) is 0 Å². The molecule has 0 unspecified atom stereocenters. The van der Waals surface area contributed by atoms with Crippen LogP contribution in [-0.2, 0) is 23.9 Å². The monoisotopic (exact) mass is 534 g/mol. The van der Waals surface area contributed by atoms with Crippen molar-refractivity contribution in [2.24, 2.45) is 10.8 Å². The standard InChI is InChI=1S/C10H22O7.C7H12O4.C4H6O2.2H3N/c11-1-9(2-12,3-13)7-17-8-10(4-14,5-15)6-16;8-6(9)4-2-1-3-5-7(10)11;1-3-4(5)6-2;;/h11-16H,1-8H2;1-5H2,(H,8,9)(H,10,11);3H,1H2,2H3;2*1H3. The molecule has 0 aliphatic heterocycles. The summed E-state index contributed by atoms with van der Waals surface area (Å²) in [6, 6.07) is 0. The van der Waals surface area contributed by atoms with Gasteiger partial charge in [-0.2, -0.15) is 0 Å². The van der Waals surface area contributed by atoms with E-state index in [0.29, 0.717) is 19.3 Å². The topological polar surface area (TPSA) is 302 Å². The summed E-state index contributed by atoms with van der Waals surface area (Å²) in [4.78, 5) is 29.8. The van der Waals surface area contributed by atoms with E-state index in [0.717, 1.165) is 6.08 Å². The van der Waals surface area contributed by atoms with E-state index < -0.39 is 68.4 Å². The van der Waals surface area contributed by atoms with Gasteiger partial charge in [-0.15, -0.1) is 0 Å². The van der Waals surface area contributed by atoms with Crippen molar-refractivity contribution >= 4 is 17.9 Å². The summed E-state index contributed by atoms with van der Waals surface area (Å²) >= 11 is 0. The number of rotatable bonds is 17. The van der Waals surface area contributed by atoms with E-state index >= 15 is 0 Å². The van der Waals surface area contributed by atoms with Crippen molar-refractivity contribution in [3.8, 4) is 0 Å². The Morgan fingerprint density at radius 3 is 1.17 bits per heavy atom. The average Bonchev–Trinajstić information content (AvgIpc) is 2.84. The van der Waals surface area contributed by atoms with Crippen LogP contribution in [0.25, 0.3) is 0 Å². The third kappa shape index (κ3) is 23.5. The molecule has 0 fully saturated rings. The fraction of sp³-hybridized carbons (Fsp3) is 0.762. The maximum atomic E-state index is 9.98. The fourth-order valence-electron chi connectivity index (χ4n) is 1.87. The minimum Gasteiger partial charge on any atom is -0.481 e. The van der Waals surface area contributed by atoms with E-state index in [1.54, 1.807) is 0 Å². The van der Waals surface area contributed by atoms with Crippen LogP contribution < -0.4 is 12.3 Å². The van der Waals surface area contributed by atoms with Crippen molar-refractivity contribution < 1.29 is 64.7 Å². The Kier molecular flexibility index (Phi) is 33.3. The van der Waals surface area contributed by atoms with Crippen LogP contribution in [0.4, 0.5) is 0 Å². The van der Waals surface area contributed by atoms with Crippen LogP contribution in [0.2, 0.25) is 0 Å². The minimum atomic E-state index is -1.16. The maximum absolute atomic E-state index is 9.98. The van der Waals surface area contributed by atoms with Crippen molar-refractivity contribution in [3.63, 3.8) is 0 Å². The molecule has 0 radical (unpaired) electrons. The van der Waals surface area contributed by atoms with Crippen molar-refractivity contribution in [1.82, 2.24) is 12.3 Å². The number of carbonyl (C=O) groups is 3. The highest BCUT2D eigenvalue weighted by atomic mass is 16.5. The number of esters is 1. The molecule has 0 aliphatic rings. The summed E-state index contributed by atoms with van der Waals surface area (Å²) in [7, 11) is 1.31. The smallest absolute Gasteiger partial charge is 0.329 e. The number of carbonyl (C=O) groups excluding carboxylic acids is 1. The molecule has 15 nitrogen and oxygen atoms in total. The second kappa shape index (κ2) is 27.4. The molecule has 218 valence electrons. The number of hydrogen-bond donors (Lipinski definition) is 10. The zero-order valence-corrected chi connectivity index (χ0v) is 21.0.